The number of unbranched alkanes of at least 4 members (excludes halogenated alkanes) is 2. The fraction of sp³-hybridized carbons (Fsp3) is 0.458. The fourth-order valence-corrected chi connectivity index (χ4v) is 3.78. The van der Waals surface area contributed by atoms with E-state index in [4.69, 9.17) is 4.98 Å². The maximum absolute atomic E-state index is 11.2. The third-order valence-corrected chi connectivity index (χ3v) is 5.34. The van der Waals surface area contributed by atoms with Crippen LogP contribution in [0.1, 0.15) is 57.6 Å². The van der Waals surface area contributed by atoms with Crippen LogP contribution in [0.25, 0.3) is 21.8 Å². The lowest BCUT2D eigenvalue weighted by atomic mass is 9.96. The summed E-state index contributed by atoms with van der Waals surface area (Å²) in [6.45, 7) is 7.67. The molecule has 0 radical (unpaired) electrons. The predicted octanol–water partition coefficient (Wildman–Crippen LogP) is 5.71. The molecule has 0 spiro atoms. The van der Waals surface area contributed by atoms with Crippen molar-refractivity contribution in [2.75, 3.05) is 19.6 Å². The second-order valence-corrected chi connectivity index (χ2v) is 7.41. The lowest BCUT2D eigenvalue weighted by Crippen LogP contribution is -2.28. The largest absolute Gasteiger partial charge is 0.388 e. The van der Waals surface area contributed by atoms with Crippen molar-refractivity contribution in [1.29, 1.82) is 0 Å². The molecule has 27 heavy (non-hydrogen) atoms. The van der Waals surface area contributed by atoms with Gasteiger partial charge in [-0.3, -0.25) is 0 Å². The molecule has 3 rings (SSSR count). The van der Waals surface area contributed by atoms with Crippen LogP contribution in [0.3, 0.4) is 0 Å². The highest BCUT2D eigenvalue weighted by Crippen LogP contribution is 2.32. The molecule has 0 aliphatic heterocycles. The van der Waals surface area contributed by atoms with E-state index < -0.39 is 6.10 Å². The first-order chi connectivity index (χ1) is 13.2. The van der Waals surface area contributed by atoms with Crippen LogP contribution >= 0.6 is 0 Å². The Labute approximate surface area is 163 Å². The summed E-state index contributed by atoms with van der Waals surface area (Å²) in [5.41, 5.74) is 2.94. The van der Waals surface area contributed by atoms with E-state index >= 15 is 0 Å². The van der Waals surface area contributed by atoms with Crippen LogP contribution in [0, 0.1) is 0 Å². The van der Waals surface area contributed by atoms with Crippen LogP contribution in [0.2, 0.25) is 0 Å². The molecule has 2 aromatic carbocycles. The molecule has 0 fully saturated rings. The van der Waals surface area contributed by atoms with Gasteiger partial charge in [0.15, 0.2) is 0 Å². The molecule has 3 aromatic rings. The van der Waals surface area contributed by atoms with Gasteiger partial charge in [0.2, 0.25) is 0 Å². The number of benzene rings is 2. The van der Waals surface area contributed by atoms with E-state index in [0.717, 1.165) is 53.4 Å². The third kappa shape index (κ3) is 4.85. The lowest BCUT2D eigenvalue weighted by molar-refractivity contribution is 0.143. The highest BCUT2D eigenvalue weighted by molar-refractivity contribution is 5.97. The fourth-order valence-electron chi connectivity index (χ4n) is 3.78. The van der Waals surface area contributed by atoms with Gasteiger partial charge >= 0.3 is 0 Å². The Hall–Kier alpha value is -1.97. The number of aliphatic hydroxyl groups excluding tert-OH is 1. The molecule has 1 N–H and O–H groups in total. The number of para-hydroxylation sites is 2. The number of fused-ring (bicyclic) bond motifs is 2. The zero-order valence-electron chi connectivity index (χ0n) is 16.7. The van der Waals surface area contributed by atoms with Crippen molar-refractivity contribution in [3.8, 4) is 0 Å². The molecule has 0 bridgehead atoms. The number of pyridine rings is 1. The summed E-state index contributed by atoms with van der Waals surface area (Å²) in [5, 5.41) is 13.3. The van der Waals surface area contributed by atoms with Gasteiger partial charge in [-0.15, -0.1) is 0 Å². The topological polar surface area (TPSA) is 36.4 Å². The molecule has 1 heterocycles. The van der Waals surface area contributed by atoms with E-state index in [0.29, 0.717) is 0 Å². The van der Waals surface area contributed by atoms with Crippen molar-refractivity contribution in [3.05, 3.63) is 54.1 Å². The van der Waals surface area contributed by atoms with Crippen molar-refractivity contribution in [2.45, 2.75) is 52.1 Å². The number of hydrogen-bond acceptors (Lipinski definition) is 3. The van der Waals surface area contributed by atoms with Gasteiger partial charge in [-0.1, -0.05) is 63.1 Å². The molecule has 1 atom stereocenters. The van der Waals surface area contributed by atoms with Gasteiger partial charge in [-0.25, -0.2) is 4.98 Å². The zero-order valence-corrected chi connectivity index (χ0v) is 16.7. The number of hydrogen-bond donors (Lipinski definition) is 1. The first-order valence-corrected chi connectivity index (χ1v) is 10.4. The van der Waals surface area contributed by atoms with E-state index in [-0.39, 0.29) is 0 Å². The van der Waals surface area contributed by atoms with Gasteiger partial charge in [0.25, 0.3) is 0 Å². The summed E-state index contributed by atoms with van der Waals surface area (Å²) in [6, 6.07) is 16.3. The minimum absolute atomic E-state index is 0.478. The Bertz CT molecular complexity index is 799. The molecular weight excluding hydrogens is 332 g/mol. The Morgan fingerprint density at radius 2 is 1.33 bits per heavy atom. The van der Waals surface area contributed by atoms with Gasteiger partial charge in [0.05, 0.1) is 17.1 Å². The molecular formula is C24H32N2O. The molecule has 0 saturated heterocycles. The maximum atomic E-state index is 11.2. The van der Waals surface area contributed by atoms with Crippen LogP contribution < -0.4 is 0 Å². The molecule has 0 amide bonds. The SMILES string of the molecule is CCCCN(CCCC)CCC(O)c1c2ccccc2nc2ccccc12. The van der Waals surface area contributed by atoms with E-state index in [9.17, 15) is 5.11 Å². The van der Waals surface area contributed by atoms with Gasteiger partial charge < -0.3 is 10.0 Å². The van der Waals surface area contributed by atoms with Gasteiger partial charge in [0.1, 0.15) is 0 Å². The van der Waals surface area contributed by atoms with Crippen LogP contribution in [0.5, 0.6) is 0 Å². The standard InChI is InChI=1S/C24H32N2O/c1-3-5-16-26(17-6-4-2)18-15-23(27)24-19-11-7-9-13-21(19)25-22-14-10-8-12-20(22)24/h7-14,23,27H,3-6,15-18H2,1-2H3. The second kappa shape index (κ2) is 9.82. The quantitative estimate of drug-likeness (QED) is 0.468. The first-order valence-electron chi connectivity index (χ1n) is 10.4. The Balaban J connectivity index is 1.86. The first kappa shape index (κ1) is 19.8. The van der Waals surface area contributed by atoms with E-state index in [2.05, 4.69) is 30.9 Å². The molecule has 0 aliphatic carbocycles. The van der Waals surface area contributed by atoms with Gasteiger partial charge in [-0.05, 0) is 50.0 Å². The summed E-state index contributed by atoms with van der Waals surface area (Å²) in [7, 11) is 0. The molecule has 3 heteroatoms. The number of aliphatic hydroxyl groups is 1. The van der Waals surface area contributed by atoms with Crippen molar-refractivity contribution < 1.29 is 5.11 Å². The highest BCUT2D eigenvalue weighted by Gasteiger charge is 2.17. The summed E-state index contributed by atoms with van der Waals surface area (Å²) in [4.78, 5) is 7.29. The second-order valence-electron chi connectivity index (χ2n) is 7.41. The molecule has 144 valence electrons. The summed E-state index contributed by atoms with van der Waals surface area (Å²) >= 11 is 0. The maximum Gasteiger partial charge on any atom is 0.0815 e. The smallest absolute Gasteiger partial charge is 0.0815 e. The minimum Gasteiger partial charge on any atom is -0.388 e. The molecule has 0 saturated carbocycles. The number of rotatable bonds is 10. The predicted molar refractivity (Wildman–Crippen MR) is 115 cm³/mol. The Kier molecular flexibility index (Phi) is 7.19. The average molecular weight is 365 g/mol. The number of nitrogens with zero attached hydrogens (tertiary/aromatic N) is 2. The minimum atomic E-state index is -0.478. The Morgan fingerprint density at radius 3 is 1.85 bits per heavy atom. The van der Waals surface area contributed by atoms with Gasteiger partial charge in [0, 0.05) is 17.3 Å². The van der Waals surface area contributed by atoms with Gasteiger partial charge in [-0.2, -0.15) is 0 Å². The van der Waals surface area contributed by atoms with Crippen LogP contribution in [-0.2, 0) is 0 Å². The normalized spacial score (nSPS) is 12.9. The van der Waals surface area contributed by atoms with E-state index in [1.807, 2.05) is 36.4 Å². The van der Waals surface area contributed by atoms with Crippen molar-refractivity contribution in [3.63, 3.8) is 0 Å². The lowest BCUT2D eigenvalue weighted by Gasteiger charge is -2.24. The third-order valence-electron chi connectivity index (χ3n) is 5.34. The molecule has 1 unspecified atom stereocenters. The summed E-state index contributed by atoms with van der Waals surface area (Å²) in [6.07, 6.45) is 5.15. The van der Waals surface area contributed by atoms with Crippen molar-refractivity contribution in [2.24, 2.45) is 0 Å². The van der Waals surface area contributed by atoms with Crippen molar-refractivity contribution in [1.82, 2.24) is 9.88 Å². The Morgan fingerprint density at radius 1 is 0.815 bits per heavy atom. The highest BCUT2D eigenvalue weighted by atomic mass is 16.3. The molecule has 0 aliphatic rings. The molecule has 1 aromatic heterocycles. The summed E-state index contributed by atoms with van der Waals surface area (Å²) < 4.78 is 0. The average Bonchev–Trinajstić information content (AvgIpc) is 2.71. The monoisotopic (exact) mass is 364 g/mol. The molecule has 3 nitrogen and oxygen atoms in total. The van der Waals surface area contributed by atoms with E-state index in [1.165, 1.54) is 25.7 Å². The van der Waals surface area contributed by atoms with Crippen molar-refractivity contribution >= 4 is 21.8 Å². The zero-order chi connectivity index (χ0) is 19.1. The van der Waals surface area contributed by atoms with Crippen LogP contribution in [0.4, 0.5) is 0 Å². The summed E-state index contributed by atoms with van der Waals surface area (Å²) in [5.74, 6) is 0. The van der Waals surface area contributed by atoms with E-state index in [1.54, 1.807) is 0 Å². The van der Waals surface area contributed by atoms with Crippen LogP contribution in [0.15, 0.2) is 48.5 Å². The van der Waals surface area contributed by atoms with Crippen LogP contribution in [-0.4, -0.2) is 34.6 Å². The number of aromatic nitrogens is 1.